The number of aryl methyl sites for hydroxylation is 1. The highest BCUT2D eigenvalue weighted by molar-refractivity contribution is 5.85. The Kier molecular flexibility index (Phi) is 5.17. The van der Waals surface area contributed by atoms with Crippen molar-refractivity contribution in [2.24, 2.45) is 5.73 Å². The zero-order valence-corrected chi connectivity index (χ0v) is 11.7. The molecule has 1 aromatic rings. The van der Waals surface area contributed by atoms with Crippen molar-refractivity contribution in [2.45, 2.75) is 38.3 Å². The first-order chi connectivity index (χ1) is 8.15. The first kappa shape index (κ1) is 15.0. The van der Waals surface area contributed by atoms with Crippen LogP contribution < -0.4 is 5.73 Å². The number of amides is 1. The normalized spacial score (nSPS) is 18.7. The summed E-state index contributed by atoms with van der Waals surface area (Å²) in [6.07, 6.45) is 2.76. The number of fused-ring (bicyclic) bond motifs is 1. The van der Waals surface area contributed by atoms with Gasteiger partial charge in [0.25, 0.3) is 0 Å². The Balaban J connectivity index is 0.00000162. The van der Waals surface area contributed by atoms with E-state index in [9.17, 15) is 4.79 Å². The summed E-state index contributed by atoms with van der Waals surface area (Å²) in [5.41, 5.74) is 8.46. The van der Waals surface area contributed by atoms with Gasteiger partial charge in [0.2, 0.25) is 5.91 Å². The summed E-state index contributed by atoms with van der Waals surface area (Å²) >= 11 is 0. The number of likely N-dealkylation sites (N-methyl/N-ethyl adjacent to an activating group) is 1. The van der Waals surface area contributed by atoms with E-state index in [4.69, 9.17) is 5.73 Å². The average Bonchev–Trinajstić information content (AvgIpc) is 2.79. The highest BCUT2D eigenvalue weighted by Gasteiger charge is 2.29. The summed E-state index contributed by atoms with van der Waals surface area (Å²) < 4.78 is 0. The number of hydrogen-bond acceptors (Lipinski definition) is 2. The van der Waals surface area contributed by atoms with Gasteiger partial charge in [-0.25, -0.2) is 0 Å². The molecule has 0 saturated heterocycles. The van der Waals surface area contributed by atoms with Crippen LogP contribution in [0.3, 0.4) is 0 Å². The van der Waals surface area contributed by atoms with Crippen LogP contribution in [-0.2, 0) is 11.2 Å². The summed E-state index contributed by atoms with van der Waals surface area (Å²) in [5, 5.41) is 0. The van der Waals surface area contributed by atoms with Crippen molar-refractivity contribution in [1.29, 1.82) is 0 Å². The molecular weight excluding hydrogens is 248 g/mol. The maximum Gasteiger partial charge on any atom is 0.239 e. The maximum absolute atomic E-state index is 12.1. The van der Waals surface area contributed by atoms with Crippen LogP contribution in [0, 0.1) is 0 Å². The SMILES string of the molecule is CC[C@H](N)C(=O)N(C)C1CCc2ccccc21.Cl. The van der Waals surface area contributed by atoms with Crippen molar-refractivity contribution in [2.75, 3.05) is 7.05 Å². The van der Waals surface area contributed by atoms with Gasteiger partial charge in [-0.2, -0.15) is 0 Å². The van der Waals surface area contributed by atoms with E-state index in [1.165, 1.54) is 11.1 Å². The van der Waals surface area contributed by atoms with Crippen LogP contribution in [0.2, 0.25) is 0 Å². The molecule has 0 bridgehead atoms. The molecule has 0 fully saturated rings. The molecular formula is C14H21ClN2O. The number of carbonyl (C=O) groups is 1. The molecule has 2 atom stereocenters. The van der Waals surface area contributed by atoms with Crippen LogP contribution >= 0.6 is 12.4 Å². The first-order valence-electron chi connectivity index (χ1n) is 6.25. The Morgan fingerprint density at radius 3 is 2.83 bits per heavy atom. The van der Waals surface area contributed by atoms with Gasteiger partial charge in [0.1, 0.15) is 0 Å². The average molecular weight is 269 g/mol. The monoisotopic (exact) mass is 268 g/mol. The third-order valence-electron chi connectivity index (χ3n) is 3.67. The van der Waals surface area contributed by atoms with Gasteiger partial charge in [0, 0.05) is 7.05 Å². The second-order valence-electron chi connectivity index (χ2n) is 4.72. The first-order valence-corrected chi connectivity index (χ1v) is 6.25. The van der Waals surface area contributed by atoms with Crippen molar-refractivity contribution >= 4 is 18.3 Å². The number of nitrogens with zero attached hydrogens (tertiary/aromatic N) is 1. The minimum atomic E-state index is -0.368. The summed E-state index contributed by atoms with van der Waals surface area (Å²) in [4.78, 5) is 13.9. The smallest absolute Gasteiger partial charge is 0.239 e. The van der Waals surface area contributed by atoms with Gasteiger partial charge >= 0.3 is 0 Å². The van der Waals surface area contributed by atoms with Crippen LogP contribution in [0.5, 0.6) is 0 Å². The van der Waals surface area contributed by atoms with Crippen molar-refractivity contribution in [3.63, 3.8) is 0 Å². The summed E-state index contributed by atoms with van der Waals surface area (Å²) in [7, 11) is 1.87. The molecule has 1 unspecified atom stereocenters. The molecule has 0 spiro atoms. The molecule has 0 saturated carbocycles. The fourth-order valence-corrected chi connectivity index (χ4v) is 2.53. The van der Waals surface area contributed by atoms with Crippen molar-refractivity contribution in [3.8, 4) is 0 Å². The standard InChI is InChI=1S/C14H20N2O.ClH/c1-3-12(15)14(17)16(2)13-9-8-10-6-4-5-7-11(10)13;/h4-7,12-13H,3,8-9,15H2,1-2H3;1H/t12-,13?;/m0./s1. The van der Waals surface area contributed by atoms with E-state index in [1.54, 1.807) is 0 Å². The summed E-state index contributed by atoms with van der Waals surface area (Å²) in [6.45, 7) is 1.94. The predicted octanol–water partition coefficient (Wildman–Crippen LogP) is 2.29. The number of hydrogen-bond donors (Lipinski definition) is 1. The lowest BCUT2D eigenvalue weighted by molar-refractivity contribution is -0.133. The van der Waals surface area contributed by atoms with E-state index < -0.39 is 0 Å². The molecule has 3 nitrogen and oxygen atoms in total. The molecule has 100 valence electrons. The van der Waals surface area contributed by atoms with Crippen LogP contribution in [0.1, 0.15) is 36.9 Å². The van der Waals surface area contributed by atoms with Gasteiger partial charge < -0.3 is 10.6 Å². The Morgan fingerprint density at radius 1 is 1.50 bits per heavy atom. The molecule has 18 heavy (non-hydrogen) atoms. The van der Waals surface area contributed by atoms with E-state index in [2.05, 4.69) is 18.2 Å². The van der Waals surface area contributed by atoms with Gasteiger partial charge in [0.15, 0.2) is 0 Å². The zero-order valence-electron chi connectivity index (χ0n) is 10.9. The molecule has 1 aliphatic carbocycles. The molecule has 0 radical (unpaired) electrons. The van der Waals surface area contributed by atoms with Crippen molar-refractivity contribution in [3.05, 3.63) is 35.4 Å². The fourth-order valence-electron chi connectivity index (χ4n) is 2.53. The Labute approximate surface area is 115 Å². The third kappa shape index (κ3) is 2.68. The van der Waals surface area contributed by atoms with E-state index in [1.807, 2.05) is 24.9 Å². The Hall–Kier alpha value is -1.06. The minimum absolute atomic E-state index is 0. The predicted molar refractivity (Wildman–Crippen MR) is 75.8 cm³/mol. The molecule has 0 heterocycles. The molecule has 1 aliphatic rings. The second-order valence-corrected chi connectivity index (χ2v) is 4.72. The highest BCUT2D eigenvalue weighted by atomic mass is 35.5. The lowest BCUT2D eigenvalue weighted by atomic mass is 10.1. The van der Waals surface area contributed by atoms with E-state index in [0.29, 0.717) is 6.42 Å². The maximum atomic E-state index is 12.1. The van der Waals surface area contributed by atoms with Gasteiger partial charge in [-0.1, -0.05) is 31.2 Å². The zero-order chi connectivity index (χ0) is 12.4. The molecule has 0 aliphatic heterocycles. The molecule has 1 aromatic carbocycles. The summed E-state index contributed by atoms with van der Waals surface area (Å²) in [5.74, 6) is 0.0502. The second kappa shape index (κ2) is 6.21. The van der Waals surface area contributed by atoms with Crippen molar-refractivity contribution < 1.29 is 4.79 Å². The molecule has 2 rings (SSSR count). The lowest BCUT2D eigenvalue weighted by Crippen LogP contribution is -2.42. The number of benzene rings is 1. The van der Waals surface area contributed by atoms with Crippen molar-refractivity contribution in [1.82, 2.24) is 4.90 Å². The van der Waals surface area contributed by atoms with Crippen LogP contribution in [0.25, 0.3) is 0 Å². The number of nitrogens with two attached hydrogens (primary N) is 1. The van der Waals surface area contributed by atoms with Crippen LogP contribution in [0.15, 0.2) is 24.3 Å². The quantitative estimate of drug-likeness (QED) is 0.914. The van der Waals surface area contributed by atoms with E-state index >= 15 is 0 Å². The molecule has 1 amide bonds. The van der Waals surface area contributed by atoms with Gasteiger partial charge in [0.05, 0.1) is 12.1 Å². The number of halogens is 1. The van der Waals surface area contributed by atoms with Gasteiger partial charge in [-0.05, 0) is 30.4 Å². The Morgan fingerprint density at radius 2 is 2.17 bits per heavy atom. The van der Waals surface area contributed by atoms with Crippen LogP contribution in [-0.4, -0.2) is 23.9 Å². The molecule has 0 aromatic heterocycles. The lowest BCUT2D eigenvalue weighted by Gasteiger charge is -2.27. The number of rotatable bonds is 3. The van der Waals surface area contributed by atoms with E-state index in [0.717, 1.165) is 12.8 Å². The molecule has 4 heteroatoms. The van der Waals surface area contributed by atoms with Gasteiger partial charge in [-0.15, -0.1) is 12.4 Å². The van der Waals surface area contributed by atoms with Crippen LogP contribution in [0.4, 0.5) is 0 Å². The molecule has 2 N–H and O–H groups in total. The van der Waals surface area contributed by atoms with E-state index in [-0.39, 0.29) is 30.4 Å². The highest BCUT2D eigenvalue weighted by Crippen LogP contribution is 2.34. The minimum Gasteiger partial charge on any atom is -0.337 e. The van der Waals surface area contributed by atoms with Gasteiger partial charge in [-0.3, -0.25) is 4.79 Å². The largest absolute Gasteiger partial charge is 0.337 e. The Bertz CT molecular complexity index is 422. The number of carbonyl (C=O) groups excluding carboxylic acids is 1. The fraction of sp³-hybridized carbons (Fsp3) is 0.500. The summed E-state index contributed by atoms with van der Waals surface area (Å²) in [6, 6.07) is 8.20. The third-order valence-corrected chi connectivity index (χ3v) is 3.67. The topological polar surface area (TPSA) is 46.3 Å².